The fraction of sp³-hybridized carbons (Fsp3) is 0.588. The van der Waals surface area contributed by atoms with Crippen LogP contribution in [0.15, 0.2) is 24.3 Å². The molecule has 0 unspecified atom stereocenters. The third-order valence-electron chi connectivity index (χ3n) is 4.20. The second-order valence-corrected chi connectivity index (χ2v) is 6.42. The molecule has 1 saturated heterocycles. The molecule has 4 nitrogen and oxygen atoms in total. The predicted molar refractivity (Wildman–Crippen MR) is 89.4 cm³/mol. The number of hydrogen-bond donors (Lipinski definition) is 1. The van der Waals surface area contributed by atoms with E-state index in [-0.39, 0.29) is 5.91 Å². The van der Waals surface area contributed by atoms with Crippen molar-refractivity contribution in [1.29, 1.82) is 0 Å². The van der Waals surface area contributed by atoms with Gasteiger partial charge in [-0.3, -0.25) is 4.79 Å². The third-order valence-corrected chi connectivity index (χ3v) is 4.51. The largest absolute Gasteiger partial charge is 0.479 e. The minimum atomic E-state index is -0.544. The van der Waals surface area contributed by atoms with Crippen LogP contribution in [0.25, 0.3) is 0 Å². The lowest BCUT2D eigenvalue weighted by Crippen LogP contribution is -2.38. The smallest absolute Gasteiger partial charge is 0.260 e. The van der Waals surface area contributed by atoms with Crippen molar-refractivity contribution in [3.63, 3.8) is 0 Å². The first kappa shape index (κ1) is 17.1. The number of amides is 1. The zero-order valence-corrected chi connectivity index (χ0v) is 14.1. The molecule has 0 aromatic heterocycles. The van der Waals surface area contributed by atoms with Gasteiger partial charge in [0.25, 0.3) is 5.91 Å². The summed E-state index contributed by atoms with van der Waals surface area (Å²) in [6, 6.07) is 7.19. The summed E-state index contributed by atoms with van der Waals surface area (Å²) >= 11 is 6.03. The highest BCUT2D eigenvalue weighted by atomic mass is 35.5. The van der Waals surface area contributed by atoms with E-state index >= 15 is 0 Å². The van der Waals surface area contributed by atoms with Gasteiger partial charge in [0.1, 0.15) is 5.75 Å². The van der Waals surface area contributed by atoms with E-state index in [9.17, 15) is 4.79 Å². The van der Waals surface area contributed by atoms with Gasteiger partial charge in [0.15, 0.2) is 6.10 Å². The van der Waals surface area contributed by atoms with Crippen LogP contribution in [0.5, 0.6) is 5.75 Å². The molecule has 1 aliphatic rings. The molecule has 1 N–H and O–H groups in total. The van der Waals surface area contributed by atoms with Crippen molar-refractivity contribution < 1.29 is 9.53 Å². The standard InChI is InChI=1S/C17H25ClN2O2/c1-13(22-16-6-4-3-5-15(16)18)17(21)19-10-7-14-8-11-20(2)12-9-14/h3-6,13-14H,7-12H2,1-2H3,(H,19,21)/t13-/m0/s1. The van der Waals surface area contributed by atoms with E-state index < -0.39 is 6.10 Å². The minimum Gasteiger partial charge on any atom is -0.479 e. The third kappa shape index (κ3) is 5.18. The maximum absolute atomic E-state index is 12.1. The van der Waals surface area contributed by atoms with Crippen molar-refractivity contribution in [2.75, 3.05) is 26.7 Å². The van der Waals surface area contributed by atoms with E-state index in [0.29, 0.717) is 17.3 Å². The normalized spacial score (nSPS) is 18.0. The van der Waals surface area contributed by atoms with Crippen molar-refractivity contribution in [2.45, 2.75) is 32.3 Å². The lowest BCUT2D eigenvalue weighted by molar-refractivity contribution is -0.127. The summed E-state index contributed by atoms with van der Waals surface area (Å²) in [4.78, 5) is 14.4. The summed E-state index contributed by atoms with van der Waals surface area (Å²) in [5.74, 6) is 1.17. The number of nitrogens with zero attached hydrogens (tertiary/aromatic N) is 1. The Morgan fingerprint density at radius 1 is 1.41 bits per heavy atom. The molecule has 1 fully saturated rings. The molecular weight excluding hydrogens is 300 g/mol. The Hall–Kier alpha value is -1.26. The lowest BCUT2D eigenvalue weighted by Gasteiger charge is -2.29. The van der Waals surface area contributed by atoms with Gasteiger partial charge >= 0.3 is 0 Å². The molecule has 1 aromatic rings. The number of piperidine rings is 1. The van der Waals surface area contributed by atoms with Gasteiger partial charge in [-0.15, -0.1) is 0 Å². The number of carbonyl (C=O) groups excluding carboxylic acids is 1. The number of para-hydroxylation sites is 1. The van der Waals surface area contributed by atoms with E-state index in [1.165, 1.54) is 12.8 Å². The molecule has 0 spiro atoms. The summed E-state index contributed by atoms with van der Waals surface area (Å²) in [5.41, 5.74) is 0. The van der Waals surface area contributed by atoms with Crippen LogP contribution in [0.3, 0.4) is 0 Å². The molecule has 1 heterocycles. The first-order valence-electron chi connectivity index (χ1n) is 7.93. The van der Waals surface area contributed by atoms with Crippen molar-refractivity contribution in [3.8, 4) is 5.75 Å². The quantitative estimate of drug-likeness (QED) is 0.874. The van der Waals surface area contributed by atoms with Crippen LogP contribution in [-0.4, -0.2) is 43.6 Å². The summed E-state index contributed by atoms with van der Waals surface area (Å²) < 4.78 is 5.61. The van der Waals surface area contributed by atoms with Crippen LogP contribution < -0.4 is 10.1 Å². The Balaban J connectivity index is 1.69. The number of ether oxygens (including phenoxy) is 1. The van der Waals surface area contributed by atoms with Gasteiger partial charge in [-0.2, -0.15) is 0 Å². The second kappa shape index (κ2) is 8.39. The Kier molecular flexibility index (Phi) is 6.52. The minimum absolute atomic E-state index is 0.0900. The monoisotopic (exact) mass is 324 g/mol. The van der Waals surface area contributed by atoms with Crippen LogP contribution in [0.2, 0.25) is 5.02 Å². The maximum Gasteiger partial charge on any atom is 0.260 e. The Morgan fingerprint density at radius 2 is 2.09 bits per heavy atom. The molecule has 22 heavy (non-hydrogen) atoms. The Bertz CT molecular complexity index is 487. The van der Waals surface area contributed by atoms with Gasteiger partial charge in [-0.05, 0) is 64.4 Å². The molecule has 1 atom stereocenters. The lowest BCUT2D eigenvalue weighted by atomic mass is 9.94. The predicted octanol–water partition coefficient (Wildman–Crippen LogP) is 2.96. The van der Waals surface area contributed by atoms with E-state index in [2.05, 4.69) is 17.3 Å². The average molecular weight is 325 g/mol. The van der Waals surface area contributed by atoms with Gasteiger partial charge in [0.2, 0.25) is 0 Å². The molecule has 0 bridgehead atoms. The van der Waals surface area contributed by atoms with E-state index in [1.54, 1.807) is 19.1 Å². The molecule has 0 saturated carbocycles. The van der Waals surface area contributed by atoms with E-state index in [0.717, 1.165) is 25.4 Å². The number of rotatable bonds is 6. The highest BCUT2D eigenvalue weighted by Crippen LogP contribution is 2.24. The summed E-state index contributed by atoms with van der Waals surface area (Å²) in [7, 11) is 2.16. The van der Waals surface area contributed by atoms with Crippen LogP contribution >= 0.6 is 11.6 Å². The van der Waals surface area contributed by atoms with Crippen molar-refractivity contribution in [2.24, 2.45) is 5.92 Å². The first-order chi connectivity index (χ1) is 10.6. The molecule has 1 aliphatic heterocycles. The number of likely N-dealkylation sites (tertiary alicyclic amines) is 1. The number of benzene rings is 1. The topological polar surface area (TPSA) is 41.6 Å². The molecule has 5 heteroatoms. The number of nitrogens with one attached hydrogen (secondary N) is 1. The highest BCUT2D eigenvalue weighted by Gasteiger charge is 2.18. The Labute approximate surface area is 137 Å². The van der Waals surface area contributed by atoms with Gasteiger partial charge in [-0.25, -0.2) is 0 Å². The van der Waals surface area contributed by atoms with Crippen LogP contribution in [0.4, 0.5) is 0 Å². The molecule has 122 valence electrons. The molecule has 1 aromatic carbocycles. The fourth-order valence-corrected chi connectivity index (χ4v) is 2.86. The fourth-order valence-electron chi connectivity index (χ4n) is 2.68. The molecular formula is C17H25ClN2O2. The van der Waals surface area contributed by atoms with Gasteiger partial charge in [0, 0.05) is 6.54 Å². The Morgan fingerprint density at radius 3 is 2.77 bits per heavy atom. The van der Waals surface area contributed by atoms with Gasteiger partial charge in [-0.1, -0.05) is 23.7 Å². The summed E-state index contributed by atoms with van der Waals surface area (Å²) in [5, 5.41) is 3.48. The second-order valence-electron chi connectivity index (χ2n) is 6.02. The number of carbonyl (C=O) groups is 1. The van der Waals surface area contributed by atoms with Crippen LogP contribution in [0, 0.1) is 5.92 Å². The molecule has 0 radical (unpaired) electrons. The van der Waals surface area contributed by atoms with Gasteiger partial charge < -0.3 is 15.0 Å². The van der Waals surface area contributed by atoms with Crippen LogP contribution in [-0.2, 0) is 4.79 Å². The summed E-state index contributed by atoms with van der Waals surface area (Å²) in [6.45, 7) is 4.77. The van der Waals surface area contributed by atoms with Crippen molar-refractivity contribution in [3.05, 3.63) is 29.3 Å². The molecule has 1 amide bonds. The zero-order valence-electron chi connectivity index (χ0n) is 13.3. The highest BCUT2D eigenvalue weighted by molar-refractivity contribution is 6.32. The maximum atomic E-state index is 12.1. The molecule has 2 rings (SSSR count). The first-order valence-corrected chi connectivity index (χ1v) is 8.31. The number of halogens is 1. The SMILES string of the molecule is C[C@H](Oc1ccccc1Cl)C(=O)NCCC1CCN(C)CC1. The molecule has 0 aliphatic carbocycles. The van der Waals surface area contributed by atoms with Crippen molar-refractivity contribution in [1.82, 2.24) is 10.2 Å². The van der Waals surface area contributed by atoms with Gasteiger partial charge in [0.05, 0.1) is 5.02 Å². The van der Waals surface area contributed by atoms with Crippen molar-refractivity contribution >= 4 is 17.5 Å². The van der Waals surface area contributed by atoms with E-state index in [1.807, 2.05) is 12.1 Å². The van der Waals surface area contributed by atoms with Crippen LogP contribution in [0.1, 0.15) is 26.2 Å². The summed E-state index contributed by atoms with van der Waals surface area (Å²) in [6.07, 6.45) is 2.94. The average Bonchev–Trinajstić information content (AvgIpc) is 2.51. The number of hydrogen-bond acceptors (Lipinski definition) is 3. The zero-order chi connectivity index (χ0) is 15.9. The van der Waals surface area contributed by atoms with E-state index in [4.69, 9.17) is 16.3 Å².